The zero-order chi connectivity index (χ0) is 36.1. The Bertz CT molecular complexity index is 2710. The number of thiophene rings is 1. The molecule has 4 heterocycles. The van der Waals surface area contributed by atoms with Crippen molar-refractivity contribution >= 4 is 32.5 Å². The summed E-state index contributed by atoms with van der Waals surface area (Å²) < 4.78 is 3.53. The molecule has 10 aromatic rings. The maximum Gasteiger partial charge on any atom is 0.0774 e. The van der Waals surface area contributed by atoms with Crippen molar-refractivity contribution in [1.82, 2.24) is 19.5 Å². The molecule has 0 atom stereocenters. The Morgan fingerprint density at radius 2 is 1.24 bits per heavy atom. The van der Waals surface area contributed by atoms with Crippen LogP contribution in [-0.4, -0.2) is 19.5 Å². The van der Waals surface area contributed by atoms with E-state index < -0.39 is 0 Å². The number of pyridine rings is 2. The Hall–Kier alpha value is -6.30. The van der Waals surface area contributed by atoms with Crippen molar-refractivity contribution < 1.29 is 20.1 Å². The van der Waals surface area contributed by atoms with Gasteiger partial charge >= 0.3 is 0 Å². The van der Waals surface area contributed by atoms with E-state index in [1.165, 1.54) is 4.70 Å². The van der Waals surface area contributed by atoms with Gasteiger partial charge in [-0.1, -0.05) is 137 Å². The molecule has 1 radical (unpaired) electrons. The van der Waals surface area contributed by atoms with Crippen LogP contribution in [0, 0.1) is 11.4 Å². The van der Waals surface area contributed by atoms with Crippen molar-refractivity contribution in [2.75, 3.05) is 0 Å². The number of hydrogen-bond donors (Lipinski definition) is 0. The molecule has 4 aromatic heterocycles. The van der Waals surface area contributed by atoms with Crippen molar-refractivity contribution in [3.05, 3.63) is 206 Å². The van der Waals surface area contributed by atoms with Gasteiger partial charge in [0.15, 0.2) is 0 Å². The molecule has 4 nitrogen and oxygen atoms in total. The van der Waals surface area contributed by atoms with Crippen LogP contribution in [0.2, 0.25) is 0 Å². The Labute approximate surface area is 337 Å². The number of benzene rings is 6. The van der Waals surface area contributed by atoms with E-state index in [-0.39, 0.29) is 20.1 Å². The Morgan fingerprint density at radius 3 is 1.93 bits per heavy atom. The molecule has 265 valence electrons. The number of rotatable bonds is 6. The van der Waals surface area contributed by atoms with Gasteiger partial charge in [-0.25, -0.2) is 0 Å². The van der Waals surface area contributed by atoms with Crippen LogP contribution >= 0.6 is 11.3 Å². The first-order chi connectivity index (χ1) is 26.8. The molecule has 0 aliphatic rings. The van der Waals surface area contributed by atoms with Crippen LogP contribution in [-0.2, 0) is 20.1 Å². The van der Waals surface area contributed by atoms with Crippen molar-refractivity contribution in [3.63, 3.8) is 0 Å². The normalized spacial score (nSPS) is 10.8. The average Bonchev–Trinajstić information content (AvgIpc) is 3.86. The quantitative estimate of drug-likeness (QED) is 0.156. The SMILES string of the molecule is [Ir].[c-]1ccccc1-c1ccccn1.[c-]1sc2ccc(-c3ccncc3)cc2c1-c1nc2ccccc2n1-c1c(-c2ccccc2)cccc1-c1ccccc1. The van der Waals surface area contributed by atoms with Gasteiger partial charge in [-0.05, 0) is 58.3 Å². The second kappa shape index (κ2) is 16.4. The second-order valence-electron chi connectivity index (χ2n) is 12.7. The fourth-order valence-electron chi connectivity index (χ4n) is 6.85. The molecule has 0 saturated heterocycles. The Balaban J connectivity index is 0.000000280. The maximum absolute atomic E-state index is 5.28. The predicted molar refractivity (Wildman–Crippen MR) is 223 cm³/mol. The number of para-hydroxylation sites is 3. The van der Waals surface area contributed by atoms with Gasteiger partial charge in [0.1, 0.15) is 0 Å². The molecule has 0 amide bonds. The molecule has 0 saturated carbocycles. The summed E-state index contributed by atoms with van der Waals surface area (Å²) in [4.78, 5) is 13.7. The number of imidazole rings is 1. The van der Waals surface area contributed by atoms with Gasteiger partial charge in [0.2, 0.25) is 0 Å². The van der Waals surface area contributed by atoms with E-state index in [1.54, 1.807) is 17.5 Å². The first-order valence-electron chi connectivity index (χ1n) is 17.8. The van der Waals surface area contributed by atoms with Crippen LogP contribution < -0.4 is 0 Å². The standard InChI is InChI=1S/C38H24N3S.C11H8N.Ir/c1-3-10-27(11-4-1)30-14-9-15-31(28-12-5-2-6-13-28)37(30)41-35-17-8-7-16-34(35)40-38(41)33-25-42-36-19-18-29(24-32(33)36)26-20-22-39-23-21-26;1-2-6-10(7-3-1)11-8-4-5-9-12-11;/h1-24H;1-6,8-9H;/q2*-1;. The van der Waals surface area contributed by atoms with Gasteiger partial charge in [0.25, 0.3) is 0 Å². The van der Waals surface area contributed by atoms with Crippen LogP contribution in [0.3, 0.4) is 0 Å². The van der Waals surface area contributed by atoms with Crippen LogP contribution in [0.25, 0.3) is 82.8 Å². The monoisotopic (exact) mass is 901 g/mol. The molecule has 0 aliphatic carbocycles. The topological polar surface area (TPSA) is 43.6 Å². The zero-order valence-corrected chi connectivity index (χ0v) is 32.7. The number of aromatic nitrogens is 4. The second-order valence-corrected chi connectivity index (χ2v) is 13.6. The van der Waals surface area contributed by atoms with Gasteiger partial charge in [-0.2, -0.15) is 0 Å². The van der Waals surface area contributed by atoms with Crippen molar-refractivity contribution in [2.24, 2.45) is 0 Å². The third-order valence-corrected chi connectivity index (χ3v) is 10.3. The Kier molecular flexibility index (Phi) is 10.6. The van der Waals surface area contributed by atoms with Crippen molar-refractivity contribution in [1.29, 1.82) is 0 Å². The first-order valence-corrected chi connectivity index (χ1v) is 18.6. The third kappa shape index (κ3) is 7.31. The summed E-state index contributed by atoms with van der Waals surface area (Å²) in [6.45, 7) is 0. The van der Waals surface area contributed by atoms with E-state index in [0.29, 0.717) is 0 Å². The van der Waals surface area contributed by atoms with Gasteiger partial charge < -0.3 is 9.55 Å². The molecular formula is C49H32IrN4S-2. The van der Waals surface area contributed by atoms with Gasteiger partial charge in [-0.15, -0.1) is 41.3 Å². The first kappa shape index (κ1) is 35.7. The van der Waals surface area contributed by atoms with Crippen LogP contribution in [0.15, 0.2) is 195 Å². The average molecular weight is 901 g/mol. The molecule has 0 N–H and O–H groups in total. The van der Waals surface area contributed by atoms with E-state index in [4.69, 9.17) is 4.98 Å². The van der Waals surface area contributed by atoms with Crippen molar-refractivity contribution in [3.8, 4) is 61.7 Å². The fourth-order valence-corrected chi connectivity index (χ4v) is 7.67. The molecule has 6 heteroatoms. The third-order valence-electron chi connectivity index (χ3n) is 9.39. The summed E-state index contributed by atoms with van der Waals surface area (Å²) in [5.41, 5.74) is 13.0. The van der Waals surface area contributed by atoms with E-state index in [0.717, 1.165) is 78.1 Å². The summed E-state index contributed by atoms with van der Waals surface area (Å²) in [5.74, 6) is 0.884. The molecule has 6 aromatic carbocycles. The fraction of sp³-hybridized carbons (Fsp3) is 0. The molecule has 55 heavy (non-hydrogen) atoms. The van der Waals surface area contributed by atoms with Crippen LogP contribution in [0.1, 0.15) is 0 Å². The molecular weight excluding hydrogens is 869 g/mol. The van der Waals surface area contributed by atoms with E-state index in [1.807, 2.05) is 54.9 Å². The summed E-state index contributed by atoms with van der Waals surface area (Å²) >= 11 is 1.64. The summed E-state index contributed by atoms with van der Waals surface area (Å²) in [7, 11) is 0. The summed E-state index contributed by atoms with van der Waals surface area (Å²) in [5, 5.41) is 4.79. The summed E-state index contributed by atoms with van der Waals surface area (Å²) in [6, 6.07) is 63.8. The Morgan fingerprint density at radius 1 is 0.545 bits per heavy atom. The van der Waals surface area contributed by atoms with Crippen LogP contribution in [0.5, 0.6) is 0 Å². The predicted octanol–water partition coefficient (Wildman–Crippen LogP) is 12.6. The van der Waals surface area contributed by atoms with E-state index in [9.17, 15) is 0 Å². The van der Waals surface area contributed by atoms with E-state index in [2.05, 4.69) is 159 Å². The van der Waals surface area contributed by atoms with Gasteiger partial charge in [0.05, 0.1) is 22.5 Å². The summed E-state index contributed by atoms with van der Waals surface area (Å²) in [6.07, 6.45) is 5.46. The number of hydrogen-bond acceptors (Lipinski definition) is 4. The molecule has 0 aliphatic heterocycles. The molecule has 0 fully saturated rings. The minimum Gasteiger partial charge on any atom is -0.332 e. The zero-order valence-electron chi connectivity index (χ0n) is 29.5. The molecule has 0 spiro atoms. The molecule has 10 rings (SSSR count). The largest absolute Gasteiger partial charge is 0.332 e. The smallest absolute Gasteiger partial charge is 0.0774 e. The number of fused-ring (bicyclic) bond motifs is 2. The van der Waals surface area contributed by atoms with E-state index >= 15 is 0 Å². The van der Waals surface area contributed by atoms with Crippen LogP contribution in [0.4, 0.5) is 0 Å². The maximum atomic E-state index is 5.28. The van der Waals surface area contributed by atoms with Crippen molar-refractivity contribution in [2.45, 2.75) is 0 Å². The van der Waals surface area contributed by atoms with Gasteiger partial charge in [0, 0.05) is 49.8 Å². The minimum absolute atomic E-state index is 0. The minimum atomic E-state index is 0. The van der Waals surface area contributed by atoms with Gasteiger partial charge in [-0.3, -0.25) is 21.3 Å². The number of nitrogens with zero attached hydrogens (tertiary/aromatic N) is 4. The molecule has 0 bridgehead atoms. The molecule has 0 unspecified atom stereocenters.